The quantitative estimate of drug-likeness (QED) is 0.224. The van der Waals surface area contributed by atoms with E-state index < -0.39 is 53.2 Å². The van der Waals surface area contributed by atoms with Gasteiger partial charge in [-0.15, -0.1) is 0 Å². The van der Waals surface area contributed by atoms with Crippen molar-refractivity contribution in [2.24, 2.45) is 5.41 Å². The van der Waals surface area contributed by atoms with Gasteiger partial charge in [0.15, 0.2) is 6.10 Å². The Labute approximate surface area is 258 Å². The van der Waals surface area contributed by atoms with Crippen molar-refractivity contribution in [2.75, 3.05) is 6.54 Å². The molecule has 1 aliphatic rings. The summed E-state index contributed by atoms with van der Waals surface area (Å²) >= 11 is 0. The van der Waals surface area contributed by atoms with Crippen LogP contribution in [0.25, 0.3) is 11.1 Å². The highest BCUT2D eigenvalue weighted by Crippen LogP contribution is 2.34. The Morgan fingerprint density at radius 1 is 0.886 bits per heavy atom. The predicted octanol–water partition coefficient (Wildman–Crippen LogP) is 5.46. The van der Waals surface area contributed by atoms with E-state index in [1.54, 1.807) is 32.9 Å². The summed E-state index contributed by atoms with van der Waals surface area (Å²) in [7, 11) is 0. The van der Waals surface area contributed by atoms with Crippen molar-refractivity contribution in [3.8, 4) is 11.1 Å². The summed E-state index contributed by atoms with van der Waals surface area (Å²) in [6, 6.07) is 24.4. The number of ether oxygens (including phenoxy) is 1. The molecule has 0 saturated carbocycles. The number of ketones is 1. The monoisotopic (exact) mass is 597 g/mol. The number of hydrogen-bond acceptors (Lipinski definition) is 6. The molecule has 1 aliphatic heterocycles. The first-order valence-electron chi connectivity index (χ1n) is 14.9. The van der Waals surface area contributed by atoms with Gasteiger partial charge in [-0.1, -0.05) is 106 Å². The van der Waals surface area contributed by atoms with Gasteiger partial charge in [0, 0.05) is 17.5 Å². The molecule has 3 aromatic rings. The largest absolute Gasteiger partial charge is 0.435 e. The third-order valence-electron chi connectivity index (χ3n) is 7.80. The molecule has 4 amide bonds. The minimum Gasteiger partial charge on any atom is -0.435 e. The van der Waals surface area contributed by atoms with Crippen LogP contribution in [0.4, 0.5) is 4.79 Å². The fraction of sp³-hybridized carbons (Fsp3) is 0.343. The molecule has 3 aromatic carbocycles. The van der Waals surface area contributed by atoms with Gasteiger partial charge < -0.3 is 15.4 Å². The lowest BCUT2D eigenvalue weighted by atomic mass is 9.90. The van der Waals surface area contributed by atoms with E-state index in [4.69, 9.17) is 4.74 Å². The van der Waals surface area contributed by atoms with Crippen molar-refractivity contribution in [3.63, 3.8) is 0 Å². The third-order valence-corrected chi connectivity index (χ3v) is 7.80. The van der Waals surface area contributed by atoms with Crippen molar-refractivity contribution >= 4 is 29.6 Å². The molecule has 44 heavy (non-hydrogen) atoms. The third kappa shape index (κ3) is 7.58. The molecule has 9 nitrogen and oxygen atoms in total. The van der Waals surface area contributed by atoms with Gasteiger partial charge in [0.2, 0.25) is 5.78 Å². The molecule has 1 fully saturated rings. The van der Waals surface area contributed by atoms with E-state index in [1.807, 2.05) is 79.7 Å². The number of hydrogen-bond donors (Lipinski definition) is 2. The zero-order valence-corrected chi connectivity index (χ0v) is 25.5. The molecule has 1 heterocycles. The number of Topliss-reactive ketones (excluding diaryl/α,β-unsaturated/α-hetero) is 1. The van der Waals surface area contributed by atoms with Crippen LogP contribution in [0.15, 0.2) is 84.9 Å². The first-order valence-corrected chi connectivity index (χ1v) is 14.9. The second-order valence-corrected chi connectivity index (χ2v) is 11.8. The Bertz CT molecular complexity index is 1490. The Kier molecular flexibility index (Phi) is 10.3. The van der Waals surface area contributed by atoms with Crippen LogP contribution in [0.3, 0.4) is 0 Å². The minimum absolute atomic E-state index is 0.0427. The number of benzene rings is 3. The number of carbonyl (C=O) groups is 5. The molecule has 1 saturated heterocycles. The van der Waals surface area contributed by atoms with Crippen LogP contribution >= 0.6 is 0 Å². The Hall–Kier alpha value is -4.79. The van der Waals surface area contributed by atoms with Crippen LogP contribution in [0.1, 0.15) is 68.9 Å². The maximum Gasteiger partial charge on any atom is 0.408 e. The van der Waals surface area contributed by atoms with Gasteiger partial charge in [-0.05, 0) is 42.2 Å². The molecular weight excluding hydrogens is 558 g/mol. The molecule has 0 unspecified atom stereocenters. The first-order chi connectivity index (χ1) is 21.0. The number of nitrogens with one attached hydrogen (secondary N) is 2. The Morgan fingerprint density at radius 3 is 2.09 bits per heavy atom. The van der Waals surface area contributed by atoms with E-state index in [1.165, 1.54) is 0 Å². The second kappa shape index (κ2) is 14.1. The fourth-order valence-electron chi connectivity index (χ4n) is 5.23. The zero-order valence-electron chi connectivity index (χ0n) is 25.5. The summed E-state index contributed by atoms with van der Waals surface area (Å²) in [5.41, 5.74) is 2.21. The van der Waals surface area contributed by atoms with Crippen LogP contribution in [-0.2, 0) is 19.1 Å². The number of imide groups is 1. The predicted molar refractivity (Wildman–Crippen MR) is 166 cm³/mol. The molecule has 2 N–H and O–H groups in total. The van der Waals surface area contributed by atoms with Crippen LogP contribution in [0, 0.1) is 5.41 Å². The number of rotatable bonds is 11. The summed E-state index contributed by atoms with van der Waals surface area (Å²) < 4.78 is 5.55. The summed E-state index contributed by atoms with van der Waals surface area (Å²) in [5, 5.41) is 5.19. The minimum atomic E-state index is -1.26. The standard InChI is InChI=1S/C35H39N3O6/c1-5-6-17-28(29(39)31(40)36-23(2)24-13-9-7-10-14-24)37-34(43)44-30-33(42)38(22-35(30,3)4)32(41)27-20-18-26(19-21-27)25-15-11-8-12-16-25/h7-16,18-21,23,28,30H,5-6,17,22H2,1-4H3,(H,36,40)(H,37,43)/t23-,28+,30-/m1/s1. The first kappa shape index (κ1) is 32.1. The van der Waals surface area contributed by atoms with Crippen LogP contribution in [0.2, 0.25) is 0 Å². The van der Waals surface area contributed by atoms with Crippen molar-refractivity contribution < 1.29 is 28.7 Å². The van der Waals surface area contributed by atoms with Gasteiger partial charge in [0.1, 0.15) is 6.04 Å². The molecule has 0 aliphatic carbocycles. The Morgan fingerprint density at radius 2 is 1.48 bits per heavy atom. The highest BCUT2D eigenvalue weighted by Gasteiger charge is 2.51. The maximum atomic E-state index is 13.4. The van der Waals surface area contributed by atoms with Crippen molar-refractivity contribution in [2.45, 2.75) is 65.1 Å². The van der Waals surface area contributed by atoms with Gasteiger partial charge in [0.05, 0.1) is 6.04 Å². The lowest BCUT2D eigenvalue weighted by Crippen LogP contribution is -2.49. The van der Waals surface area contributed by atoms with Crippen molar-refractivity contribution in [3.05, 3.63) is 96.1 Å². The lowest BCUT2D eigenvalue weighted by molar-refractivity contribution is -0.139. The molecule has 4 rings (SSSR count). The van der Waals surface area contributed by atoms with Crippen LogP contribution < -0.4 is 10.6 Å². The number of amides is 4. The zero-order chi connectivity index (χ0) is 31.9. The fourth-order valence-corrected chi connectivity index (χ4v) is 5.23. The Balaban J connectivity index is 1.40. The van der Waals surface area contributed by atoms with E-state index in [-0.39, 0.29) is 13.0 Å². The number of carbonyl (C=O) groups excluding carboxylic acids is 5. The number of likely N-dealkylation sites (tertiary alicyclic amines) is 1. The molecule has 3 atom stereocenters. The molecule has 9 heteroatoms. The van der Waals surface area contributed by atoms with Gasteiger partial charge in [0.25, 0.3) is 17.7 Å². The average molecular weight is 598 g/mol. The average Bonchev–Trinajstić information content (AvgIpc) is 3.26. The van der Waals surface area contributed by atoms with Gasteiger partial charge >= 0.3 is 6.09 Å². The summed E-state index contributed by atoms with van der Waals surface area (Å²) in [5.74, 6) is -2.76. The van der Waals surface area contributed by atoms with E-state index in [2.05, 4.69) is 10.6 Å². The van der Waals surface area contributed by atoms with Crippen LogP contribution in [0.5, 0.6) is 0 Å². The number of unbranched alkanes of at least 4 members (excludes halogenated alkanes) is 1. The van der Waals surface area contributed by atoms with E-state index in [0.717, 1.165) is 28.0 Å². The SMILES string of the molecule is CCCC[C@H](NC(=O)O[C@@H]1C(=O)N(C(=O)c2ccc(-c3ccccc3)cc2)CC1(C)C)C(=O)C(=O)N[C@H](C)c1ccccc1. The van der Waals surface area contributed by atoms with Crippen LogP contribution in [-0.4, -0.2) is 53.2 Å². The smallest absolute Gasteiger partial charge is 0.408 e. The van der Waals surface area contributed by atoms with E-state index in [0.29, 0.717) is 12.0 Å². The van der Waals surface area contributed by atoms with E-state index >= 15 is 0 Å². The number of alkyl carbamates (subject to hydrolysis) is 1. The van der Waals surface area contributed by atoms with Gasteiger partial charge in [-0.3, -0.25) is 24.1 Å². The van der Waals surface area contributed by atoms with Crippen molar-refractivity contribution in [1.29, 1.82) is 0 Å². The normalized spacial score (nSPS) is 17.0. The van der Waals surface area contributed by atoms with E-state index in [9.17, 15) is 24.0 Å². The van der Waals surface area contributed by atoms with Crippen molar-refractivity contribution in [1.82, 2.24) is 15.5 Å². The highest BCUT2D eigenvalue weighted by molar-refractivity contribution is 6.38. The van der Waals surface area contributed by atoms with Gasteiger partial charge in [-0.2, -0.15) is 0 Å². The topological polar surface area (TPSA) is 122 Å². The highest BCUT2D eigenvalue weighted by atomic mass is 16.6. The molecule has 0 bridgehead atoms. The maximum absolute atomic E-state index is 13.4. The summed E-state index contributed by atoms with van der Waals surface area (Å²) in [4.78, 5) is 66.7. The summed E-state index contributed by atoms with van der Waals surface area (Å²) in [6.07, 6.45) is -0.721. The molecule has 0 aromatic heterocycles. The molecule has 230 valence electrons. The summed E-state index contributed by atoms with van der Waals surface area (Å²) in [6.45, 7) is 7.19. The van der Waals surface area contributed by atoms with Gasteiger partial charge in [-0.25, -0.2) is 4.79 Å². The molecule has 0 radical (unpaired) electrons. The lowest BCUT2D eigenvalue weighted by Gasteiger charge is -2.25. The second-order valence-electron chi connectivity index (χ2n) is 11.8. The molecule has 0 spiro atoms. The number of nitrogens with zero attached hydrogens (tertiary/aromatic N) is 1. The molecular formula is C35H39N3O6.